The summed E-state index contributed by atoms with van der Waals surface area (Å²) in [5, 5.41) is 0. The molecule has 0 bridgehead atoms. The van der Waals surface area contributed by atoms with Gasteiger partial charge in [-0.1, -0.05) is 60.7 Å². The molecule has 0 aromatic heterocycles. The summed E-state index contributed by atoms with van der Waals surface area (Å²) in [6, 6.07) is 19.9. The molecule has 2 aromatic carbocycles. The van der Waals surface area contributed by atoms with E-state index in [4.69, 9.17) is 0 Å². The topological polar surface area (TPSA) is 17.1 Å². The number of hydrogen-bond donors (Lipinski definition) is 0. The molecule has 82 valence electrons. The molecule has 0 aliphatic carbocycles. The van der Waals surface area contributed by atoms with Crippen LogP contribution in [-0.4, -0.2) is 4.21 Å². The van der Waals surface area contributed by atoms with E-state index >= 15 is 0 Å². The van der Waals surface area contributed by atoms with E-state index in [-0.39, 0.29) is 0 Å². The van der Waals surface area contributed by atoms with E-state index < -0.39 is 10.8 Å². The standard InChI is InChI=1S/C14H14OS/c15-16(11-13-7-3-1-4-8-13)12-14-9-5-2-6-10-14/h1-10H,11-12H2/i15+2. The molecule has 0 aliphatic heterocycles. The summed E-state index contributed by atoms with van der Waals surface area (Å²) < 4.78 is 11.9. The Kier molecular flexibility index (Phi) is 3.89. The molecule has 0 fully saturated rings. The van der Waals surface area contributed by atoms with Crippen LogP contribution in [0.5, 0.6) is 0 Å². The fourth-order valence-corrected chi connectivity index (χ4v) is 2.80. The third-order valence-electron chi connectivity index (χ3n) is 2.34. The highest BCUT2D eigenvalue weighted by molar-refractivity contribution is 7.83. The highest BCUT2D eigenvalue weighted by Crippen LogP contribution is 2.08. The molecule has 0 heterocycles. The van der Waals surface area contributed by atoms with Crippen LogP contribution < -0.4 is 0 Å². The molecule has 16 heavy (non-hydrogen) atoms. The van der Waals surface area contributed by atoms with E-state index in [9.17, 15) is 4.21 Å². The second-order valence-electron chi connectivity index (χ2n) is 3.70. The average Bonchev–Trinajstić information content (AvgIpc) is 2.31. The van der Waals surface area contributed by atoms with Crippen LogP contribution in [0.1, 0.15) is 11.1 Å². The summed E-state index contributed by atoms with van der Waals surface area (Å²) in [4.78, 5) is 0. The third-order valence-corrected chi connectivity index (χ3v) is 3.65. The zero-order valence-corrected chi connectivity index (χ0v) is 9.82. The van der Waals surface area contributed by atoms with Crippen molar-refractivity contribution < 1.29 is 4.21 Å². The lowest BCUT2D eigenvalue weighted by atomic mass is 10.2. The van der Waals surface area contributed by atoms with E-state index in [2.05, 4.69) is 0 Å². The van der Waals surface area contributed by atoms with E-state index in [0.29, 0.717) is 11.5 Å². The molecule has 0 N–H and O–H groups in total. The van der Waals surface area contributed by atoms with E-state index in [1.807, 2.05) is 60.7 Å². The van der Waals surface area contributed by atoms with Crippen LogP contribution in [0, 0.1) is 0 Å². The lowest BCUT2D eigenvalue weighted by Crippen LogP contribution is -1.99. The first-order chi connectivity index (χ1) is 7.84. The maximum absolute atomic E-state index is 11.9. The third kappa shape index (κ3) is 3.31. The molecule has 0 amide bonds. The molecule has 2 heteroatoms. The first-order valence-electron chi connectivity index (χ1n) is 5.27. The van der Waals surface area contributed by atoms with Gasteiger partial charge in [-0.3, -0.25) is 4.21 Å². The summed E-state index contributed by atoms with van der Waals surface area (Å²) in [6.45, 7) is 0. The Morgan fingerprint density at radius 3 is 1.44 bits per heavy atom. The molecule has 0 saturated carbocycles. The van der Waals surface area contributed by atoms with Gasteiger partial charge in [0.25, 0.3) is 0 Å². The molecule has 0 unspecified atom stereocenters. The van der Waals surface area contributed by atoms with E-state index in [1.54, 1.807) is 0 Å². The van der Waals surface area contributed by atoms with Gasteiger partial charge in [0.2, 0.25) is 0 Å². The lowest BCUT2D eigenvalue weighted by Gasteiger charge is -2.02. The van der Waals surface area contributed by atoms with Gasteiger partial charge in [0, 0.05) is 22.3 Å². The van der Waals surface area contributed by atoms with Gasteiger partial charge in [0.05, 0.1) is 0 Å². The molecule has 0 atom stereocenters. The fraction of sp³-hybridized carbons (Fsp3) is 0.143. The molecule has 0 spiro atoms. The quantitative estimate of drug-likeness (QED) is 0.740. The van der Waals surface area contributed by atoms with Gasteiger partial charge in [0.15, 0.2) is 0 Å². The predicted molar refractivity (Wildman–Crippen MR) is 68.4 cm³/mol. The highest BCUT2D eigenvalue weighted by Gasteiger charge is 2.02. The average molecular weight is 232 g/mol. The zero-order chi connectivity index (χ0) is 11.2. The Balaban J connectivity index is 1.95. The van der Waals surface area contributed by atoms with Gasteiger partial charge < -0.3 is 0 Å². The fourth-order valence-electron chi connectivity index (χ4n) is 1.57. The van der Waals surface area contributed by atoms with Crippen LogP contribution in [0.4, 0.5) is 0 Å². The molecule has 0 saturated heterocycles. The smallest absolute Gasteiger partial charge is 0.0489 e. The van der Waals surface area contributed by atoms with Crippen molar-refractivity contribution in [1.82, 2.24) is 0 Å². The largest absolute Gasteiger partial charge is 0.259 e. The SMILES string of the molecule is [18O]=S(Cc1ccccc1)Cc1ccccc1. The first-order valence-corrected chi connectivity index (χ1v) is 6.76. The molecule has 0 aliphatic rings. The second kappa shape index (κ2) is 5.61. The van der Waals surface area contributed by atoms with E-state index in [0.717, 1.165) is 11.1 Å². The Morgan fingerprint density at radius 2 is 1.06 bits per heavy atom. The van der Waals surface area contributed by atoms with Gasteiger partial charge in [0.1, 0.15) is 0 Å². The summed E-state index contributed by atoms with van der Waals surface area (Å²) in [6.07, 6.45) is 0. The number of hydrogen-bond acceptors (Lipinski definition) is 1. The summed E-state index contributed by atoms with van der Waals surface area (Å²) in [5.74, 6) is 1.27. The molecular formula is C14H14OS. The minimum atomic E-state index is -0.822. The highest BCUT2D eigenvalue weighted by atomic mass is 32.2. The molecule has 0 radical (unpaired) electrons. The van der Waals surface area contributed by atoms with Crippen LogP contribution >= 0.6 is 0 Å². The van der Waals surface area contributed by atoms with Crippen molar-refractivity contribution in [2.75, 3.05) is 0 Å². The van der Waals surface area contributed by atoms with Crippen molar-refractivity contribution in [2.45, 2.75) is 11.5 Å². The maximum Gasteiger partial charge on any atom is 0.0489 e. The summed E-state index contributed by atoms with van der Waals surface area (Å²) >= 11 is 0. The Labute approximate surface area is 98.6 Å². The van der Waals surface area contributed by atoms with Crippen LogP contribution in [0.25, 0.3) is 0 Å². The lowest BCUT2D eigenvalue weighted by molar-refractivity contribution is 0.682. The van der Waals surface area contributed by atoms with Crippen LogP contribution in [0.2, 0.25) is 0 Å². The molecule has 1 nitrogen and oxygen atoms in total. The molecular weight excluding hydrogens is 218 g/mol. The minimum Gasteiger partial charge on any atom is -0.259 e. The number of rotatable bonds is 4. The molecule has 2 aromatic rings. The Hall–Kier alpha value is -1.41. The van der Waals surface area contributed by atoms with Crippen molar-refractivity contribution in [3.8, 4) is 0 Å². The van der Waals surface area contributed by atoms with Gasteiger partial charge in [-0.25, -0.2) is 0 Å². The van der Waals surface area contributed by atoms with Gasteiger partial charge in [-0.15, -0.1) is 0 Å². The normalized spacial score (nSPS) is 10.6. The van der Waals surface area contributed by atoms with Gasteiger partial charge >= 0.3 is 0 Å². The van der Waals surface area contributed by atoms with E-state index in [1.165, 1.54) is 0 Å². The van der Waals surface area contributed by atoms with Crippen molar-refractivity contribution in [3.05, 3.63) is 71.8 Å². The van der Waals surface area contributed by atoms with Crippen LogP contribution in [0.3, 0.4) is 0 Å². The molecule has 2 rings (SSSR count). The first kappa shape index (κ1) is 11.1. The zero-order valence-electron chi connectivity index (χ0n) is 9.00. The van der Waals surface area contributed by atoms with Crippen molar-refractivity contribution in [2.24, 2.45) is 0 Å². The van der Waals surface area contributed by atoms with Crippen molar-refractivity contribution in [1.29, 1.82) is 0 Å². The minimum absolute atomic E-state index is 0.635. The van der Waals surface area contributed by atoms with Gasteiger partial charge in [-0.2, -0.15) is 0 Å². The summed E-state index contributed by atoms with van der Waals surface area (Å²) in [7, 11) is -0.822. The van der Waals surface area contributed by atoms with Crippen molar-refractivity contribution in [3.63, 3.8) is 0 Å². The Bertz CT molecular complexity index is 407. The van der Waals surface area contributed by atoms with Crippen LogP contribution in [0.15, 0.2) is 60.7 Å². The second-order valence-corrected chi connectivity index (χ2v) is 5.16. The van der Waals surface area contributed by atoms with Gasteiger partial charge in [-0.05, 0) is 11.1 Å². The van der Waals surface area contributed by atoms with Crippen LogP contribution in [-0.2, 0) is 22.3 Å². The monoisotopic (exact) mass is 232 g/mol. The maximum atomic E-state index is 11.9. The predicted octanol–water partition coefficient (Wildman–Crippen LogP) is 3.14. The Morgan fingerprint density at radius 1 is 0.688 bits per heavy atom. The summed E-state index contributed by atoms with van der Waals surface area (Å²) in [5.41, 5.74) is 2.27. The number of benzene rings is 2. The van der Waals surface area contributed by atoms with Crippen molar-refractivity contribution >= 4 is 10.8 Å².